The van der Waals surface area contributed by atoms with Crippen LogP contribution in [-0.4, -0.2) is 24.5 Å². The van der Waals surface area contributed by atoms with E-state index in [1.165, 1.54) is 45.3 Å². The highest BCUT2D eigenvalue weighted by Crippen LogP contribution is 2.29. The van der Waals surface area contributed by atoms with Gasteiger partial charge < -0.3 is 4.90 Å². The van der Waals surface area contributed by atoms with Crippen LogP contribution in [0.1, 0.15) is 46.5 Å². The van der Waals surface area contributed by atoms with E-state index in [4.69, 9.17) is 0 Å². The fourth-order valence-corrected chi connectivity index (χ4v) is 2.04. The van der Waals surface area contributed by atoms with E-state index in [0.29, 0.717) is 0 Å². The fraction of sp³-hybridized carbons (Fsp3) is 1.00. The topological polar surface area (TPSA) is 3.24 Å². The molecule has 0 saturated heterocycles. The lowest BCUT2D eigenvalue weighted by molar-refractivity contribution is 0.205. The standard InChI is InChI=1S/C12H25N/c1-4-13(10-11(2)3)9-8-12-6-5-7-12/h11-12H,4-10H2,1-3H3. The van der Waals surface area contributed by atoms with Gasteiger partial charge in [0.2, 0.25) is 0 Å². The summed E-state index contributed by atoms with van der Waals surface area (Å²) in [5.41, 5.74) is 0. The normalized spacial score (nSPS) is 18.2. The first kappa shape index (κ1) is 11.0. The minimum absolute atomic E-state index is 0.821. The average molecular weight is 183 g/mol. The molecular formula is C12H25N. The van der Waals surface area contributed by atoms with Gasteiger partial charge in [-0.1, -0.05) is 40.0 Å². The molecule has 1 fully saturated rings. The largest absolute Gasteiger partial charge is 0.303 e. The highest BCUT2D eigenvalue weighted by atomic mass is 15.1. The lowest BCUT2D eigenvalue weighted by Crippen LogP contribution is -2.30. The Bertz CT molecular complexity index is 127. The van der Waals surface area contributed by atoms with E-state index >= 15 is 0 Å². The van der Waals surface area contributed by atoms with Gasteiger partial charge in [-0.05, 0) is 31.3 Å². The van der Waals surface area contributed by atoms with E-state index < -0.39 is 0 Å². The van der Waals surface area contributed by atoms with Crippen molar-refractivity contribution in [3.63, 3.8) is 0 Å². The number of nitrogens with zero attached hydrogens (tertiary/aromatic N) is 1. The molecule has 1 heteroatoms. The summed E-state index contributed by atoms with van der Waals surface area (Å²) in [5.74, 6) is 1.89. The second-order valence-corrected chi connectivity index (χ2v) is 4.87. The Kier molecular flexibility index (Phi) is 4.79. The van der Waals surface area contributed by atoms with Gasteiger partial charge in [0, 0.05) is 6.54 Å². The number of hydrogen-bond donors (Lipinski definition) is 0. The van der Waals surface area contributed by atoms with Gasteiger partial charge in [0.25, 0.3) is 0 Å². The van der Waals surface area contributed by atoms with Gasteiger partial charge in [0.1, 0.15) is 0 Å². The van der Waals surface area contributed by atoms with Gasteiger partial charge >= 0.3 is 0 Å². The summed E-state index contributed by atoms with van der Waals surface area (Å²) in [6, 6.07) is 0. The van der Waals surface area contributed by atoms with Crippen molar-refractivity contribution >= 4 is 0 Å². The Balaban J connectivity index is 2.07. The third-order valence-corrected chi connectivity index (χ3v) is 3.15. The maximum Gasteiger partial charge on any atom is 0.000427 e. The van der Waals surface area contributed by atoms with Gasteiger partial charge in [-0.2, -0.15) is 0 Å². The van der Waals surface area contributed by atoms with Crippen LogP contribution >= 0.6 is 0 Å². The van der Waals surface area contributed by atoms with Crippen molar-refractivity contribution in [2.45, 2.75) is 46.5 Å². The van der Waals surface area contributed by atoms with Gasteiger partial charge in [0.05, 0.1) is 0 Å². The molecule has 1 aliphatic carbocycles. The summed E-state index contributed by atoms with van der Waals surface area (Å²) in [5, 5.41) is 0. The van der Waals surface area contributed by atoms with Crippen LogP contribution < -0.4 is 0 Å². The Labute approximate surface area is 83.5 Å². The van der Waals surface area contributed by atoms with Gasteiger partial charge in [0.15, 0.2) is 0 Å². The Morgan fingerprint density at radius 3 is 2.38 bits per heavy atom. The molecule has 1 saturated carbocycles. The molecule has 0 aromatic carbocycles. The first-order chi connectivity index (χ1) is 6.22. The molecule has 1 rings (SSSR count). The van der Waals surface area contributed by atoms with Gasteiger partial charge in [-0.3, -0.25) is 0 Å². The van der Waals surface area contributed by atoms with E-state index in [0.717, 1.165) is 11.8 Å². The summed E-state index contributed by atoms with van der Waals surface area (Å²) >= 11 is 0. The van der Waals surface area contributed by atoms with Crippen LogP contribution in [0.4, 0.5) is 0 Å². The smallest absolute Gasteiger partial charge is 0.000427 e. The van der Waals surface area contributed by atoms with Crippen LogP contribution in [0.3, 0.4) is 0 Å². The lowest BCUT2D eigenvalue weighted by Gasteiger charge is -2.29. The second-order valence-electron chi connectivity index (χ2n) is 4.87. The van der Waals surface area contributed by atoms with Gasteiger partial charge in [-0.15, -0.1) is 0 Å². The second kappa shape index (κ2) is 5.64. The number of rotatable bonds is 6. The minimum Gasteiger partial charge on any atom is -0.303 e. The Hall–Kier alpha value is -0.0400. The van der Waals surface area contributed by atoms with E-state index in [1.807, 2.05) is 0 Å². The van der Waals surface area contributed by atoms with Crippen molar-refractivity contribution in [2.75, 3.05) is 19.6 Å². The highest BCUT2D eigenvalue weighted by molar-refractivity contribution is 4.71. The third-order valence-electron chi connectivity index (χ3n) is 3.15. The molecule has 0 radical (unpaired) electrons. The van der Waals surface area contributed by atoms with Crippen LogP contribution in [0, 0.1) is 11.8 Å². The van der Waals surface area contributed by atoms with Crippen LogP contribution in [0.2, 0.25) is 0 Å². The van der Waals surface area contributed by atoms with Crippen molar-refractivity contribution in [2.24, 2.45) is 11.8 Å². The predicted octanol–water partition coefficient (Wildman–Crippen LogP) is 3.15. The van der Waals surface area contributed by atoms with Crippen LogP contribution in [0.25, 0.3) is 0 Å². The average Bonchev–Trinajstić information content (AvgIpc) is 1.99. The van der Waals surface area contributed by atoms with Crippen molar-refractivity contribution in [1.82, 2.24) is 4.90 Å². The predicted molar refractivity (Wildman–Crippen MR) is 58.9 cm³/mol. The molecule has 0 bridgehead atoms. The lowest BCUT2D eigenvalue weighted by atomic mass is 9.83. The van der Waals surface area contributed by atoms with Crippen molar-refractivity contribution in [3.8, 4) is 0 Å². The molecule has 0 heterocycles. The maximum atomic E-state index is 2.60. The minimum atomic E-state index is 0.821. The zero-order valence-electron chi connectivity index (χ0n) is 9.55. The van der Waals surface area contributed by atoms with E-state index in [1.54, 1.807) is 0 Å². The molecular weight excluding hydrogens is 158 g/mol. The van der Waals surface area contributed by atoms with Crippen LogP contribution in [-0.2, 0) is 0 Å². The van der Waals surface area contributed by atoms with E-state index in [2.05, 4.69) is 25.7 Å². The maximum absolute atomic E-state index is 2.60. The van der Waals surface area contributed by atoms with Crippen molar-refractivity contribution in [3.05, 3.63) is 0 Å². The van der Waals surface area contributed by atoms with Crippen LogP contribution in [0.15, 0.2) is 0 Å². The highest BCUT2D eigenvalue weighted by Gasteiger charge is 2.17. The fourth-order valence-electron chi connectivity index (χ4n) is 2.04. The Morgan fingerprint density at radius 1 is 1.31 bits per heavy atom. The molecule has 78 valence electrons. The Morgan fingerprint density at radius 2 is 2.00 bits per heavy atom. The molecule has 0 aromatic heterocycles. The van der Waals surface area contributed by atoms with Gasteiger partial charge in [-0.25, -0.2) is 0 Å². The molecule has 0 aromatic rings. The molecule has 0 atom stereocenters. The van der Waals surface area contributed by atoms with E-state index in [-0.39, 0.29) is 0 Å². The molecule has 0 unspecified atom stereocenters. The van der Waals surface area contributed by atoms with Crippen LogP contribution in [0.5, 0.6) is 0 Å². The summed E-state index contributed by atoms with van der Waals surface area (Å²) in [6.07, 6.45) is 5.93. The first-order valence-electron chi connectivity index (χ1n) is 5.94. The monoisotopic (exact) mass is 183 g/mol. The zero-order valence-corrected chi connectivity index (χ0v) is 9.55. The number of hydrogen-bond acceptors (Lipinski definition) is 1. The summed E-state index contributed by atoms with van der Waals surface area (Å²) in [6.45, 7) is 10.7. The molecule has 0 aliphatic heterocycles. The van der Waals surface area contributed by atoms with Crippen molar-refractivity contribution in [1.29, 1.82) is 0 Å². The summed E-state index contributed by atoms with van der Waals surface area (Å²) in [4.78, 5) is 2.60. The zero-order chi connectivity index (χ0) is 9.68. The first-order valence-corrected chi connectivity index (χ1v) is 5.94. The molecule has 0 N–H and O–H groups in total. The summed E-state index contributed by atoms with van der Waals surface area (Å²) < 4.78 is 0. The quantitative estimate of drug-likeness (QED) is 0.611. The molecule has 1 aliphatic rings. The SMILES string of the molecule is CCN(CCC1CCC1)CC(C)C. The van der Waals surface area contributed by atoms with Crippen molar-refractivity contribution < 1.29 is 0 Å². The molecule has 13 heavy (non-hydrogen) atoms. The molecule has 0 spiro atoms. The summed E-state index contributed by atoms with van der Waals surface area (Å²) in [7, 11) is 0. The third kappa shape index (κ3) is 4.12. The van der Waals surface area contributed by atoms with E-state index in [9.17, 15) is 0 Å². The molecule has 0 amide bonds. The molecule has 1 nitrogen and oxygen atoms in total.